The minimum absolute atomic E-state index is 0.369. The van der Waals surface area contributed by atoms with Crippen molar-refractivity contribution in [2.75, 3.05) is 7.05 Å². The molecule has 0 amide bonds. The maximum Gasteiger partial charge on any atom is 0.136 e. The molecule has 1 unspecified atom stereocenters. The van der Waals surface area contributed by atoms with Gasteiger partial charge in [-0.25, -0.2) is 4.31 Å². The van der Waals surface area contributed by atoms with Gasteiger partial charge in [0.05, 0.1) is 0 Å². The van der Waals surface area contributed by atoms with E-state index in [4.69, 9.17) is 0 Å². The van der Waals surface area contributed by atoms with Gasteiger partial charge in [-0.1, -0.05) is 13.3 Å². The molecular formula is C7H13NOS. The second-order valence-electron chi connectivity index (χ2n) is 2.43. The van der Waals surface area contributed by atoms with E-state index >= 15 is 0 Å². The van der Waals surface area contributed by atoms with Gasteiger partial charge < -0.3 is 5.11 Å². The molecule has 1 aliphatic heterocycles. The van der Waals surface area contributed by atoms with E-state index < -0.39 is 0 Å². The Balaban J connectivity index is 2.42. The first-order valence-electron chi connectivity index (χ1n) is 3.53. The fourth-order valence-corrected chi connectivity index (χ4v) is 1.93. The summed E-state index contributed by atoms with van der Waals surface area (Å²) in [6, 6.07) is 0. The lowest BCUT2D eigenvalue weighted by Gasteiger charge is -2.10. The molecule has 1 N–H and O–H groups in total. The Morgan fingerprint density at radius 1 is 1.80 bits per heavy atom. The van der Waals surface area contributed by atoms with Crippen LogP contribution < -0.4 is 0 Å². The third-order valence-corrected chi connectivity index (χ3v) is 2.54. The van der Waals surface area contributed by atoms with Crippen molar-refractivity contribution in [3.63, 3.8) is 0 Å². The number of aliphatic hydroxyl groups is 1. The van der Waals surface area contributed by atoms with E-state index in [2.05, 4.69) is 6.92 Å². The van der Waals surface area contributed by atoms with Crippen molar-refractivity contribution in [1.29, 1.82) is 0 Å². The van der Waals surface area contributed by atoms with Crippen LogP contribution in [0.1, 0.15) is 19.8 Å². The topological polar surface area (TPSA) is 23.5 Å². The number of nitrogens with zero attached hydrogens (tertiary/aromatic N) is 1. The van der Waals surface area contributed by atoms with Crippen molar-refractivity contribution in [1.82, 2.24) is 4.31 Å². The summed E-state index contributed by atoms with van der Waals surface area (Å²) in [5.41, 5.74) is 0. The van der Waals surface area contributed by atoms with E-state index in [1.165, 1.54) is 4.91 Å². The molecule has 0 aromatic carbocycles. The number of aliphatic hydroxyl groups excluding tert-OH is 1. The van der Waals surface area contributed by atoms with Gasteiger partial charge in [0.2, 0.25) is 0 Å². The van der Waals surface area contributed by atoms with Gasteiger partial charge in [0.15, 0.2) is 0 Å². The normalized spacial score (nSPS) is 27.1. The first-order chi connectivity index (χ1) is 4.74. The zero-order valence-corrected chi connectivity index (χ0v) is 7.19. The van der Waals surface area contributed by atoms with E-state index in [1.54, 1.807) is 11.9 Å². The summed E-state index contributed by atoms with van der Waals surface area (Å²) in [6.45, 7) is 2.14. The van der Waals surface area contributed by atoms with Crippen molar-refractivity contribution in [2.45, 2.75) is 26.0 Å². The maximum absolute atomic E-state index is 9.22. The first-order valence-corrected chi connectivity index (χ1v) is 4.31. The zero-order chi connectivity index (χ0) is 7.56. The Kier molecular flexibility index (Phi) is 2.77. The molecule has 10 heavy (non-hydrogen) atoms. The van der Waals surface area contributed by atoms with Crippen LogP contribution in [0.25, 0.3) is 0 Å². The lowest BCUT2D eigenvalue weighted by atomic mass is 10.3. The molecule has 1 rings (SSSR count). The van der Waals surface area contributed by atoms with Crippen molar-refractivity contribution >= 4 is 11.9 Å². The largest absolute Gasteiger partial charge is 0.374 e. The van der Waals surface area contributed by atoms with Crippen molar-refractivity contribution in [2.24, 2.45) is 0 Å². The Morgan fingerprint density at radius 2 is 2.50 bits per heavy atom. The summed E-state index contributed by atoms with van der Waals surface area (Å²) in [5.74, 6) is 0. The average molecular weight is 159 g/mol. The van der Waals surface area contributed by atoms with E-state index in [0.717, 1.165) is 12.8 Å². The van der Waals surface area contributed by atoms with E-state index in [-0.39, 0.29) is 6.23 Å². The van der Waals surface area contributed by atoms with Crippen molar-refractivity contribution in [3.05, 3.63) is 11.0 Å². The lowest BCUT2D eigenvalue weighted by molar-refractivity contribution is 0.136. The van der Waals surface area contributed by atoms with Gasteiger partial charge in [-0.15, -0.1) is 0 Å². The molecule has 0 bridgehead atoms. The minimum Gasteiger partial charge on any atom is -0.374 e. The predicted octanol–water partition coefficient (Wildman–Crippen LogP) is 1.58. The molecule has 0 aromatic heterocycles. The van der Waals surface area contributed by atoms with Gasteiger partial charge >= 0.3 is 0 Å². The van der Waals surface area contributed by atoms with Crippen LogP contribution in [0.5, 0.6) is 0 Å². The van der Waals surface area contributed by atoms with Crippen LogP contribution >= 0.6 is 11.9 Å². The Bertz CT molecular complexity index is 147. The molecule has 0 fully saturated rings. The lowest BCUT2D eigenvalue weighted by Crippen LogP contribution is -2.17. The quantitative estimate of drug-likeness (QED) is 0.619. The highest BCUT2D eigenvalue weighted by Crippen LogP contribution is 2.31. The molecule has 0 radical (unpaired) electrons. The molecule has 0 aliphatic carbocycles. The van der Waals surface area contributed by atoms with Crippen LogP contribution in [0.15, 0.2) is 11.0 Å². The van der Waals surface area contributed by atoms with E-state index in [1.807, 2.05) is 17.4 Å². The molecule has 1 aliphatic rings. The molecular weight excluding hydrogens is 146 g/mol. The molecule has 3 heteroatoms. The Labute approximate surface area is 66.0 Å². The van der Waals surface area contributed by atoms with Gasteiger partial charge in [-0.05, 0) is 24.4 Å². The average Bonchev–Trinajstić information content (AvgIpc) is 2.14. The third kappa shape index (κ3) is 1.75. The summed E-state index contributed by atoms with van der Waals surface area (Å²) in [6.07, 6.45) is 3.78. The van der Waals surface area contributed by atoms with Gasteiger partial charge in [0, 0.05) is 12.0 Å². The highest BCUT2D eigenvalue weighted by atomic mass is 32.2. The van der Waals surface area contributed by atoms with Gasteiger partial charge in [0.25, 0.3) is 0 Å². The SMILES string of the molecule is CCCC1=CC(O)N(C)S1. The summed E-state index contributed by atoms with van der Waals surface area (Å²) < 4.78 is 1.85. The number of likely N-dealkylation sites (N-methyl/N-ethyl adjacent to an activating group) is 1. The van der Waals surface area contributed by atoms with E-state index in [0.29, 0.717) is 0 Å². The second-order valence-corrected chi connectivity index (χ2v) is 3.72. The molecule has 2 nitrogen and oxygen atoms in total. The van der Waals surface area contributed by atoms with Crippen LogP contribution in [-0.2, 0) is 0 Å². The number of hydrogen-bond donors (Lipinski definition) is 1. The number of allylic oxidation sites excluding steroid dienone is 1. The second kappa shape index (κ2) is 3.42. The smallest absolute Gasteiger partial charge is 0.136 e. The maximum atomic E-state index is 9.22. The molecule has 0 aromatic rings. The van der Waals surface area contributed by atoms with Gasteiger partial charge in [0.1, 0.15) is 6.23 Å². The van der Waals surface area contributed by atoms with Crippen LogP contribution in [0.2, 0.25) is 0 Å². The summed E-state index contributed by atoms with van der Waals surface area (Å²) in [7, 11) is 1.90. The monoisotopic (exact) mass is 159 g/mol. The molecule has 1 atom stereocenters. The van der Waals surface area contributed by atoms with Crippen LogP contribution in [0.3, 0.4) is 0 Å². The molecule has 1 heterocycles. The Morgan fingerprint density at radius 3 is 2.90 bits per heavy atom. The van der Waals surface area contributed by atoms with Gasteiger partial charge in [-0.3, -0.25) is 0 Å². The standard InChI is InChI=1S/C7H13NOS/c1-3-4-6-5-7(9)8(2)10-6/h5,7,9H,3-4H2,1-2H3. The van der Waals surface area contributed by atoms with Crippen molar-refractivity contribution < 1.29 is 5.11 Å². The van der Waals surface area contributed by atoms with Crippen molar-refractivity contribution in [3.8, 4) is 0 Å². The predicted molar refractivity (Wildman–Crippen MR) is 44.4 cm³/mol. The number of rotatable bonds is 2. The fourth-order valence-electron chi connectivity index (χ4n) is 0.916. The molecule has 0 saturated heterocycles. The fraction of sp³-hybridized carbons (Fsp3) is 0.714. The molecule has 0 spiro atoms. The molecule has 58 valence electrons. The van der Waals surface area contributed by atoms with Gasteiger partial charge in [-0.2, -0.15) is 0 Å². The van der Waals surface area contributed by atoms with E-state index in [9.17, 15) is 5.11 Å². The highest BCUT2D eigenvalue weighted by molar-refractivity contribution is 8.01. The Hall–Kier alpha value is 0.0100. The zero-order valence-electron chi connectivity index (χ0n) is 6.37. The summed E-state index contributed by atoms with van der Waals surface area (Å²) in [5, 5.41) is 9.22. The van der Waals surface area contributed by atoms with Crippen LogP contribution in [-0.4, -0.2) is 22.7 Å². The summed E-state index contributed by atoms with van der Waals surface area (Å²) >= 11 is 1.64. The minimum atomic E-state index is -0.369. The third-order valence-electron chi connectivity index (χ3n) is 1.47. The molecule has 0 saturated carbocycles. The first kappa shape index (κ1) is 8.11. The highest BCUT2D eigenvalue weighted by Gasteiger charge is 2.18. The number of hydrogen-bond acceptors (Lipinski definition) is 3. The van der Waals surface area contributed by atoms with Crippen LogP contribution in [0, 0.1) is 0 Å². The van der Waals surface area contributed by atoms with Crippen LogP contribution in [0.4, 0.5) is 0 Å². The summed E-state index contributed by atoms with van der Waals surface area (Å²) in [4.78, 5) is 1.29.